The van der Waals surface area contributed by atoms with E-state index in [0.29, 0.717) is 25.0 Å². The van der Waals surface area contributed by atoms with Crippen LogP contribution in [-0.4, -0.2) is 40.9 Å². The summed E-state index contributed by atoms with van der Waals surface area (Å²) in [5, 5.41) is 7.64. The van der Waals surface area contributed by atoms with Crippen molar-refractivity contribution in [2.45, 2.75) is 71.3 Å². The van der Waals surface area contributed by atoms with Crippen molar-refractivity contribution in [2.75, 3.05) is 18.6 Å². The molecule has 2 aromatic carbocycles. The normalized spacial score (nSPS) is 13.9. The number of aromatic nitrogens is 2. The molecule has 1 amide bonds. The van der Waals surface area contributed by atoms with E-state index in [1.54, 1.807) is 4.90 Å². The molecule has 202 valence electrons. The van der Waals surface area contributed by atoms with Gasteiger partial charge < -0.3 is 19.9 Å². The van der Waals surface area contributed by atoms with Gasteiger partial charge in [0.1, 0.15) is 11.7 Å². The summed E-state index contributed by atoms with van der Waals surface area (Å²) in [6, 6.07) is 13.7. The zero-order valence-corrected chi connectivity index (χ0v) is 22.5. The number of hydrogen-bond acceptors (Lipinski definition) is 5. The molecule has 0 bridgehead atoms. The number of nitrogens with one attached hydrogen (secondary N) is 1. The number of nitrogens with zero attached hydrogens (tertiary/aromatic N) is 3. The molecule has 3 N–H and O–H groups in total. The highest BCUT2D eigenvalue weighted by Gasteiger charge is 2.25. The first-order chi connectivity index (χ1) is 18.4. The zero-order valence-electron chi connectivity index (χ0n) is 22.5. The molecule has 3 aromatic rings. The largest absolute Gasteiger partial charge is 0.466 e. The molecule has 0 saturated heterocycles. The van der Waals surface area contributed by atoms with Crippen molar-refractivity contribution < 1.29 is 14.3 Å². The molecular formula is C30H39N5O3. The van der Waals surface area contributed by atoms with Gasteiger partial charge in [-0.05, 0) is 56.4 Å². The second kappa shape index (κ2) is 12.7. The molecule has 1 aromatic heterocycles. The molecule has 8 nitrogen and oxygen atoms in total. The molecule has 8 heteroatoms. The minimum Gasteiger partial charge on any atom is -0.466 e. The molecule has 0 atom stereocenters. The smallest absolute Gasteiger partial charge is 0.305 e. The third-order valence-corrected chi connectivity index (χ3v) is 7.43. The molecule has 0 unspecified atom stereocenters. The summed E-state index contributed by atoms with van der Waals surface area (Å²) in [5.74, 6) is 1.10. The second-order valence-electron chi connectivity index (χ2n) is 10.1. The Labute approximate surface area is 224 Å². The van der Waals surface area contributed by atoms with Gasteiger partial charge in [0.25, 0.3) is 0 Å². The van der Waals surface area contributed by atoms with E-state index in [-0.39, 0.29) is 23.6 Å². The van der Waals surface area contributed by atoms with Crippen molar-refractivity contribution in [3.63, 3.8) is 0 Å². The van der Waals surface area contributed by atoms with Crippen molar-refractivity contribution in [3.8, 4) is 0 Å². The number of aryl methyl sites for hydroxylation is 1. The number of imidazole rings is 1. The van der Waals surface area contributed by atoms with Crippen LogP contribution in [0, 0.1) is 11.3 Å². The SMILES string of the molecule is CCOC(=O)CCCCn1c(Cc2ccc(C(=N)N)cc2)nc2cc(N(C)C(=O)C3CCCCC3)ccc21. The average Bonchev–Trinajstić information content (AvgIpc) is 3.27. The fourth-order valence-corrected chi connectivity index (χ4v) is 5.27. The average molecular weight is 518 g/mol. The molecule has 4 rings (SSSR count). The van der Waals surface area contributed by atoms with E-state index in [0.717, 1.165) is 73.2 Å². The number of esters is 1. The molecule has 1 saturated carbocycles. The number of ether oxygens (including phenoxy) is 1. The Kier molecular flexibility index (Phi) is 9.15. The lowest BCUT2D eigenvalue weighted by Crippen LogP contribution is -2.33. The van der Waals surface area contributed by atoms with E-state index in [1.807, 2.05) is 50.4 Å². The van der Waals surface area contributed by atoms with Crippen LogP contribution in [-0.2, 0) is 27.3 Å². The summed E-state index contributed by atoms with van der Waals surface area (Å²) in [6.07, 6.45) is 8.00. The topological polar surface area (TPSA) is 114 Å². The Morgan fingerprint density at radius 3 is 2.53 bits per heavy atom. The Morgan fingerprint density at radius 1 is 1.11 bits per heavy atom. The van der Waals surface area contributed by atoms with Gasteiger partial charge in [0.05, 0.1) is 17.6 Å². The number of unbranched alkanes of at least 4 members (excludes halogenated alkanes) is 1. The lowest BCUT2D eigenvalue weighted by atomic mass is 9.88. The van der Waals surface area contributed by atoms with Crippen molar-refractivity contribution in [2.24, 2.45) is 11.7 Å². The monoisotopic (exact) mass is 517 g/mol. The highest BCUT2D eigenvalue weighted by atomic mass is 16.5. The molecule has 1 heterocycles. The van der Waals surface area contributed by atoms with E-state index >= 15 is 0 Å². The molecule has 1 aliphatic carbocycles. The minimum atomic E-state index is -0.163. The van der Waals surface area contributed by atoms with Gasteiger partial charge in [-0.1, -0.05) is 43.5 Å². The maximum Gasteiger partial charge on any atom is 0.305 e. The molecule has 1 fully saturated rings. The van der Waals surface area contributed by atoms with Gasteiger partial charge >= 0.3 is 5.97 Å². The van der Waals surface area contributed by atoms with E-state index in [2.05, 4.69) is 10.6 Å². The van der Waals surface area contributed by atoms with Gasteiger partial charge in [0.2, 0.25) is 5.91 Å². The highest BCUT2D eigenvalue weighted by Crippen LogP contribution is 2.29. The fraction of sp³-hybridized carbons (Fsp3) is 0.467. The number of amides is 1. The van der Waals surface area contributed by atoms with Crippen LogP contribution in [0.5, 0.6) is 0 Å². The van der Waals surface area contributed by atoms with E-state index in [1.165, 1.54) is 6.42 Å². The van der Waals surface area contributed by atoms with Crippen LogP contribution in [0.25, 0.3) is 11.0 Å². The summed E-state index contributed by atoms with van der Waals surface area (Å²) >= 11 is 0. The fourth-order valence-electron chi connectivity index (χ4n) is 5.27. The summed E-state index contributed by atoms with van der Waals surface area (Å²) in [5.41, 5.74) is 10.1. The molecule has 38 heavy (non-hydrogen) atoms. The molecular weight excluding hydrogens is 478 g/mol. The van der Waals surface area contributed by atoms with Crippen LogP contribution in [0.1, 0.15) is 75.2 Å². The lowest BCUT2D eigenvalue weighted by molar-refractivity contribution is -0.143. The Bertz CT molecular complexity index is 1280. The van der Waals surface area contributed by atoms with Gasteiger partial charge in [-0.25, -0.2) is 4.98 Å². The predicted octanol–water partition coefficient (Wildman–Crippen LogP) is 5.19. The number of fused-ring (bicyclic) bond motifs is 1. The van der Waals surface area contributed by atoms with Gasteiger partial charge in [-0.3, -0.25) is 15.0 Å². The van der Waals surface area contributed by atoms with Crippen LogP contribution in [0.15, 0.2) is 42.5 Å². The Morgan fingerprint density at radius 2 is 1.84 bits per heavy atom. The zero-order chi connectivity index (χ0) is 27.1. The quantitative estimate of drug-likeness (QED) is 0.157. The van der Waals surface area contributed by atoms with E-state index < -0.39 is 0 Å². The van der Waals surface area contributed by atoms with Crippen LogP contribution < -0.4 is 10.6 Å². The van der Waals surface area contributed by atoms with Gasteiger partial charge in [-0.15, -0.1) is 0 Å². The Balaban J connectivity index is 1.57. The van der Waals surface area contributed by atoms with Crippen molar-refractivity contribution in [1.29, 1.82) is 5.41 Å². The van der Waals surface area contributed by atoms with E-state index in [4.69, 9.17) is 20.9 Å². The highest BCUT2D eigenvalue weighted by molar-refractivity contribution is 5.96. The number of benzene rings is 2. The number of anilines is 1. The number of nitrogens with two attached hydrogens (primary N) is 1. The predicted molar refractivity (Wildman–Crippen MR) is 150 cm³/mol. The first-order valence-corrected chi connectivity index (χ1v) is 13.7. The molecule has 0 radical (unpaired) electrons. The van der Waals surface area contributed by atoms with Crippen LogP contribution in [0.4, 0.5) is 5.69 Å². The first kappa shape index (κ1) is 27.4. The second-order valence-corrected chi connectivity index (χ2v) is 10.1. The van der Waals surface area contributed by atoms with Crippen molar-refractivity contribution in [3.05, 3.63) is 59.4 Å². The van der Waals surface area contributed by atoms with Crippen molar-refractivity contribution in [1.82, 2.24) is 9.55 Å². The van der Waals surface area contributed by atoms with Crippen LogP contribution in [0.3, 0.4) is 0 Å². The van der Waals surface area contributed by atoms with Crippen LogP contribution in [0.2, 0.25) is 0 Å². The van der Waals surface area contributed by atoms with Gasteiger partial charge in [0, 0.05) is 43.6 Å². The number of hydrogen-bond donors (Lipinski definition) is 2. The first-order valence-electron chi connectivity index (χ1n) is 13.7. The maximum absolute atomic E-state index is 13.1. The number of nitrogen functional groups attached to an aromatic ring is 1. The molecule has 0 spiro atoms. The summed E-state index contributed by atoms with van der Waals surface area (Å²) in [6.45, 7) is 2.95. The van der Waals surface area contributed by atoms with Crippen LogP contribution >= 0.6 is 0 Å². The summed E-state index contributed by atoms with van der Waals surface area (Å²) < 4.78 is 7.28. The third-order valence-electron chi connectivity index (χ3n) is 7.43. The standard InChI is InChI=1S/C30H39N5O3/c1-3-38-28(36)11-7-8-18-35-26-17-16-24(34(2)30(37)23-9-5-4-6-10-23)20-25(26)33-27(35)19-21-12-14-22(15-13-21)29(31)32/h12-17,20,23H,3-11,18-19H2,1-2H3,(H3,31,32). The lowest BCUT2D eigenvalue weighted by Gasteiger charge is -2.26. The third kappa shape index (κ3) is 6.60. The summed E-state index contributed by atoms with van der Waals surface area (Å²) in [7, 11) is 1.86. The Hall–Kier alpha value is -3.68. The van der Waals surface area contributed by atoms with Gasteiger partial charge in [0.15, 0.2) is 0 Å². The molecule has 0 aliphatic heterocycles. The van der Waals surface area contributed by atoms with Gasteiger partial charge in [-0.2, -0.15) is 0 Å². The van der Waals surface area contributed by atoms with E-state index in [9.17, 15) is 9.59 Å². The number of carbonyl (C=O) groups is 2. The van der Waals surface area contributed by atoms with Crippen molar-refractivity contribution >= 4 is 34.4 Å². The number of carbonyl (C=O) groups excluding carboxylic acids is 2. The maximum atomic E-state index is 13.1. The summed E-state index contributed by atoms with van der Waals surface area (Å²) in [4.78, 5) is 31.7. The number of rotatable bonds is 11. The minimum absolute atomic E-state index is 0.0461. The number of amidine groups is 1. The molecule has 1 aliphatic rings.